The van der Waals surface area contributed by atoms with E-state index in [1.165, 1.54) is 43.1 Å². The molecule has 4 heteroatoms. The van der Waals surface area contributed by atoms with Gasteiger partial charge in [-0.3, -0.25) is 4.79 Å². The van der Waals surface area contributed by atoms with Crippen molar-refractivity contribution in [1.29, 1.82) is 0 Å². The van der Waals surface area contributed by atoms with Gasteiger partial charge in [-0.15, -0.1) is 11.3 Å². The molecule has 1 aromatic heterocycles. The van der Waals surface area contributed by atoms with Crippen molar-refractivity contribution >= 4 is 27.3 Å². The number of hydrogen-bond acceptors (Lipinski definition) is 2. The average Bonchev–Trinajstić information content (AvgIpc) is 2.99. The van der Waals surface area contributed by atoms with Crippen LogP contribution in [0.4, 0.5) is 4.39 Å². The van der Waals surface area contributed by atoms with Crippen LogP contribution in [0.1, 0.15) is 48.2 Å². The fraction of sp³-hybridized carbons (Fsp3) is 0.500. The topological polar surface area (TPSA) is 20.3 Å². The molecular formula is C18H20FNOS. The highest BCUT2D eigenvalue weighted by Gasteiger charge is 2.36. The summed E-state index contributed by atoms with van der Waals surface area (Å²) in [6.45, 7) is 0.858. The summed E-state index contributed by atoms with van der Waals surface area (Å²) in [5, 5.41) is 0.577. The number of rotatable bonds is 1. The van der Waals surface area contributed by atoms with Crippen molar-refractivity contribution < 1.29 is 9.18 Å². The fourth-order valence-electron chi connectivity index (χ4n) is 4.15. The molecule has 22 heavy (non-hydrogen) atoms. The van der Waals surface area contributed by atoms with E-state index in [9.17, 15) is 9.18 Å². The zero-order valence-electron chi connectivity index (χ0n) is 12.6. The second-order valence-electron chi connectivity index (χ2n) is 6.51. The van der Waals surface area contributed by atoms with Crippen LogP contribution in [0.15, 0.2) is 24.3 Å². The number of halogens is 1. The van der Waals surface area contributed by atoms with Crippen molar-refractivity contribution in [1.82, 2.24) is 4.90 Å². The monoisotopic (exact) mass is 317 g/mol. The Labute approximate surface area is 133 Å². The second kappa shape index (κ2) is 5.65. The maximum atomic E-state index is 13.9. The van der Waals surface area contributed by atoms with Gasteiger partial charge in [0, 0.05) is 22.7 Å². The van der Waals surface area contributed by atoms with E-state index in [0.29, 0.717) is 22.2 Å². The molecule has 1 aliphatic carbocycles. The second-order valence-corrected chi connectivity index (χ2v) is 7.60. The largest absolute Gasteiger partial charge is 0.335 e. The quantitative estimate of drug-likeness (QED) is 0.737. The molecule has 1 aliphatic heterocycles. The van der Waals surface area contributed by atoms with Crippen molar-refractivity contribution in [2.24, 2.45) is 5.92 Å². The van der Waals surface area contributed by atoms with Gasteiger partial charge in [-0.2, -0.15) is 0 Å². The Kier molecular flexibility index (Phi) is 3.65. The molecule has 1 saturated heterocycles. The highest BCUT2D eigenvalue weighted by Crippen LogP contribution is 2.37. The van der Waals surface area contributed by atoms with Crippen molar-refractivity contribution in [3.8, 4) is 0 Å². The number of carbonyl (C=O) groups is 1. The summed E-state index contributed by atoms with van der Waals surface area (Å²) < 4.78 is 14.7. The Hall–Kier alpha value is -1.42. The van der Waals surface area contributed by atoms with E-state index in [2.05, 4.69) is 4.90 Å². The minimum absolute atomic E-state index is 0.109. The predicted octanol–water partition coefficient (Wildman–Crippen LogP) is 4.84. The van der Waals surface area contributed by atoms with Crippen LogP contribution in [0, 0.1) is 11.7 Å². The number of fused-ring (bicyclic) bond motifs is 2. The number of carbonyl (C=O) groups excluding carboxylic acids is 1. The first-order valence-electron chi connectivity index (χ1n) is 8.23. The lowest BCUT2D eigenvalue weighted by Gasteiger charge is -2.44. The van der Waals surface area contributed by atoms with Gasteiger partial charge >= 0.3 is 0 Å². The molecule has 2 aliphatic rings. The number of nitrogens with zero attached hydrogens (tertiary/aromatic N) is 1. The molecule has 4 rings (SSSR count). The normalized spacial score (nSPS) is 25.2. The van der Waals surface area contributed by atoms with Crippen LogP contribution in [0.3, 0.4) is 0 Å². The summed E-state index contributed by atoms with van der Waals surface area (Å²) in [7, 11) is 0. The first-order valence-corrected chi connectivity index (χ1v) is 9.05. The van der Waals surface area contributed by atoms with Gasteiger partial charge in [0.2, 0.25) is 0 Å². The maximum absolute atomic E-state index is 13.9. The molecule has 0 radical (unpaired) electrons. The van der Waals surface area contributed by atoms with Gasteiger partial charge in [0.05, 0.1) is 4.88 Å². The van der Waals surface area contributed by atoms with Gasteiger partial charge in [0.1, 0.15) is 5.82 Å². The van der Waals surface area contributed by atoms with Gasteiger partial charge < -0.3 is 4.90 Å². The standard InChI is InChI=1S/C18H20FNOS/c19-14-7-3-9-16-13(14)11-17(22-16)18(21)20-10-4-6-12-5-1-2-8-15(12)20/h3,7,9,11-12,15H,1-2,4-6,8,10H2/t12-,15+/m1/s1. The van der Waals surface area contributed by atoms with E-state index in [1.807, 2.05) is 6.07 Å². The minimum Gasteiger partial charge on any atom is -0.335 e. The summed E-state index contributed by atoms with van der Waals surface area (Å²) >= 11 is 1.42. The number of hydrogen-bond donors (Lipinski definition) is 0. The van der Waals surface area contributed by atoms with Gasteiger partial charge in [-0.05, 0) is 49.8 Å². The Morgan fingerprint density at radius 2 is 2.00 bits per heavy atom. The lowest BCUT2D eigenvalue weighted by atomic mass is 9.78. The number of thiophene rings is 1. The molecule has 1 aromatic carbocycles. The zero-order chi connectivity index (χ0) is 15.1. The van der Waals surface area contributed by atoms with Crippen LogP contribution in [0.5, 0.6) is 0 Å². The third-order valence-electron chi connectivity index (χ3n) is 5.22. The van der Waals surface area contributed by atoms with Crippen molar-refractivity contribution in [3.63, 3.8) is 0 Å². The Balaban J connectivity index is 1.65. The van der Waals surface area contributed by atoms with Gasteiger partial charge in [0.25, 0.3) is 5.91 Å². The summed E-state index contributed by atoms with van der Waals surface area (Å²) in [5.41, 5.74) is 0. The molecular weight excluding hydrogens is 297 g/mol. The van der Waals surface area contributed by atoms with E-state index in [0.717, 1.165) is 24.1 Å². The maximum Gasteiger partial charge on any atom is 0.264 e. The van der Waals surface area contributed by atoms with Gasteiger partial charge in [-0.1, -0.05) is 18.9 Å². The van der Waals surface area contributed by atoms with Crippen LogP contribution in [0.2, 0.25) is 0 Å². The molecule has 1 amide bonds. The van der Waals surface area contributed by atoms with Crippen molar-refractivity contribution in [2.75, 3.05) is 6.54 Å². The molecule has 2 aromatic rings. The van der Waals surface area contributed by atoms with Crippen LogP contribution in [0.25, 0.3) is 10.1 Å². The fourth-order valence-corrected chi connectivity index (χ4v) is 5.18. The summed E-state index contributed by atoms with van der Waals surface area (Å²) in [4.78, 5) is 15.7. The minimum atomic E-state index is -0.234. The highest BCUT2D eigenvalue weighted by atomic mass is 32.1. The molecule has 2 nitrogen and oxygen atoms in total. The predicted molar refractivity (Wildman–Crippen MR) is 87.8 cm³/mol. The highest BCUT2D eigenvalue weighted by molar-refractivity contribution is 7.20. The molecule has 1 saturated carbocycles. The first kappa shape index (κ1) is 14.2. The zero-order valence-corrected chi connectivity index (χ0v) is 13.4. The molecule has 0 bridgehead atoms. The Morgan fingerprint density at radius 1 is 1.18 bits per heavy atom. The molecule has 0 unspecified atom stereocenters. The lowest BCUT2D eigenvalue weighted by Crippen LogP contribution is -2.49. The molecule has 2 atom stereocenters. The number of piperidine rings is 1. The third-order valence-corrected chi connectivity index (χ3v) is 6.31. The van der Waals surface area contributed by atoms with Crippen LogP contribution >= 0.6 is 11.3 Å². The number of amides is 1. The SMILES string of the molecule is O=C(c1cc2c(F)cccc2s1)N1CCC[C@H]2CCCC[C@@H]21. The van der Waals surface area contributed by atoms with Gasteiger partial charge in [-0.25, -0.2) is 4.39 Å². The van der Waals surface area contributed by atoms with E-state index in [-0.39, 0.29) is 11.7 Å². The smallest absolute Gasteiger partial charge is 0.264 e. The summed E-state index contributed by atoms with van der Waals surface area (Å²) in [6, 6.07) is 7.20. The number of likely N-dealkylation sites (tertiary alicyclic amines) is 1. The van der Waals surface area contributed by atoms with E-state index < -0.39 is 0 Å². The number of benzene rings is 1. The molecule has 0 N–H and O–H groups in total. The molecule has 2 heterocycles. The van der Waals surface area contributed by atoms with Crippen LogP contribution < -0.4 is 0 Å². The molecule has 0 spiro atoms. The Morgan fingerprint density at radius 3 is 2.86 bits per heavy atom. The molecule has 116 valence electrons. The van der Waals surface area contributed by atoms with E-state index in [1.54, 1.807) is 12.1 Å². The van der Waals surface area contributed by atoms with Crippen LogP contribution in [-0.2, 0) is 0 Å². The van der Waals surface area contributed by atoms with E-state index >= 15 is 0 Å². The third kappa shape index (κ3) is 2.34. The first-order chi connectivity index (χ1) is 10.7. The molecule has 2 fully saturated rings. The van der Waals surface area contributed by atoms with Crippen molar-refractivity contribution in [2.45, 2.75) is 44.6 Å². The van der Waals surface area contributed by atoms with E-state index in [4.69, 9.17) is 0 Å². The van der Waals surface area contributed by atoms with Crippen LogP contribution in [-0.4, -0.2) is 23.4 Å². The Bertz CT molecular complexity index is 708. The lowest BCUT2D eigenvalue weighted by molar-refractivity contribution is 0.0395. The van der Waals surface area contributed by atoms with Crippen molar-refractivity contribution in [3.05, 3.63) is 35.0 Å². The summed E-state index contributed by atoms with van der Waals surface area (Å²) in [6.07, 6.45) is 7.29. The summed E-state index contributed by atoms with van der Waals surface area (Å²) in [5.74, 6) is 0.553. The van der Waals surface area contributed by atoms with Gasteiger partial charge in [0.15, 0.2) is 0 Å². The average molecular weight is 317 g/mol.